The predicted octanol–water partition coefficient (Wildman–Crippen LogP) is 2.79. The zero-order valence-corrected chi connectivity index (χ0v) is 12.7. The summed E-state index contributed by atoms with van der Waals surface area (Å²) in [5, 5.41) is 19.2. The van der Waals surface area contributed by atoms with Gasteiger partial charge in [0.1, 0.15) is 0 Å². The van der Waals surface area contributed by atoms with Crippen molar-refractivity contribution in [1.82, 2.24) is 0 Å². The molecular formula is C17H20O5. The lowest BCUT2D eigenvalue weighted by atomic mass is 9.77. The van der Waals surface area contributed by atoms with E-state index in [-0.39, 0.29) is 24.0 Å². The summed E-state index contributed by atoms with van der Waals surface area (Å²) in [6, 6.07) is 3.60. The lowest BCUT2D eigenvalue weighted by molar-refractivity contribution is -0.138. The zero-order chi connectivity index (χ0) is 15.9. The average molecular weight is 304 g/mol. The Kier molecular flexibility index (Phi) is 3.72. The fourth-order valence-corrected chi connectivity index (χ4v) is 4.01. The van der Waals surface area contributed by atoms with E-state index in [9.17, 15) is 15.0 Å². The summed E-state index contributed by atoms with van der Waals surface area (Å²) >= 11 is 0. The first-order valence-corrected chi connectivity index (χ1v) is 7.40. The number of fused-ring (bicyclic) bond motifs is 2. The minimum absolute atomic E-state index is 0.0257. The number of hydrogen-bond acceptors (Lipinski definition) is 4. The number of hydrogen-bond donors (Lipinski definition) is 2. The normalized spacial score (nSPS) is 28.8. The SMILES string of the molecule is COc1cc(C2C3C=CC(C3)C2CC(=O)O)cc(OC)c1O. The third-order valence-corrected chi connectivity index (χ3v) is 4.92. The highest BCUT2D eigenvalue weighted by Crippen LogP contribution is 2.55. The van der Waals surface area contributed by atoms with Crippen molar-refractivity contribution in [2.24, 2.45) is 17.8 Å². The van der Waals surface area contributed by atoms with Crippen molar-refractivity contribution in [3.63, 3.8) is 0 Å². The van der Waals surface area contributed by atoms with Gasteiger partial charge in [0.05, 0.1) is 14.2 Å². The van der Waals surface area contributed by atoms with E-state index < -0.39 is 5.97 Å². The molecule has 2 N–H and O–H groups in total. The highest BCUT2D eigenvalue weighted by molar-refractivity contribution is 5.67. The Bertz CT molecular complexity index is 596. The molecule has 4 unspecified atom stereocenters. The van der Waals surface area contributed by atoms with Crippen LogP contribution in [-0.4, -0.2) is 30.4 Å². The van der Waals surface area contributed by atoms with Gasteiger partial charge in [-0.1, -0.05) is 12.2 Å². The Morgan fingerprint density at radius 1 is 1.18 bits per heavy atom. The van der Waals surface area contributed by atoms with E-state index >= 15 is 0 Å². The van der Waals surface area contributed by atoms with Crippen LogP contribution in [0.3, 0.4) is 0 Å². The van der Waals surface area contributed by atoms with Gasteiger partial charge in [0, 0.05) is 6.42 Å². The standard InChI is InChI=1S/C17H20O5/c1-21-13-6-11(7-14(22-2)17(13)20)16-10-4-3-9(5-10)12(16)8-15(18)19/h3-4,6-7,9-10,12,16,20H,5,8H2,1-2H3,(H,18,19). The Hall–Kier alpha value is -2.17. The smallest absolute Gasteiger partial charge is 0.303 e. The number of phenolic OH excluding ortho intramolecular Hbond substituents is 1. The van der Waals surface area contributed by atoms with Crippen LogP contribution in [-0.2, 0) is 4.79 Å². The minimum Gasteiger partial charge on any atom is -0.502 e. The Morgan fingerprint density at radius 3 is 2.32 bits per heavy atom. The number of carboxylic acids is 1. The molecule has 0 radical (unpaired) electrons. The molecule has 5 heteroatoms. The van der Waals surface area contributed by atoms with Crippen molar-refractivity contribution in [1.29, 1.82) is 0 Å². The number of aromatic hydroxyl groups is 1. The Balaban J connectivity index is 2.02. The first-order valence-electron chi connectivity index (χ1n) is 7.40. The minimum atomic E-state index is -0.770. The van der Waals surface area contributed by atoms with Gasteiger partial charge in [0.15, 0.2) is 11.5 Å². The van der Waals surface area contributed by atoms with Crippen LogP contribution < -0.4 is 9.47 Å². The number of phenols is 1. The van der Waals surface area contributed by atoms with Crippen molar-refractivity contribution in [2.75, 3.05) is 14.2 Å². The second-order valence-corrected chi connectivity index (χ2v) is 6.01. The van der Waals surface area contributed by atoms with Crippen LogP contribution in [0.2, 0.25) is 0 Å². The molecule has 5 nitrogen and oxygen atoms in total. The maximum Gasteiger partial charge on any atom is 0.303 e. The van der Waals surface area contributed by atoms with E-state index in [0.717, 1.165) is 12.0 Å². The lowest BCUT2D eigenvalue weighted by Crippen LogP contribution is -2.21. The molecule has 2 bridgehead atoms. The van der Waals surface area contributed by atoms with Gasteiger partial charge in [-0.2, -0.15) is 0 Å². The molecule has 1 saturated carbocycles. The first-order chi connectivity index (χ1) is 10.5. The second-order valence-electron chi connectivity index (χ2n) is 6.01. The molecule has 0 spiro atoms. The van der Waals surface area contributed by atoms with Gasteiger partial charge >= 0.3 is 5.97 Å². The molecule has 0 aliphatic heterocycles. The van der Waals surface area contributed by atoms with Crippen molar-refractivity contribution in [3.8, 4) is 17.2 Å². The number of carboxylic acid groups (broad SMARTS) is 1. The topological polar surface area (TPSA) is 76.0 Å². The molecule has 3 rings (SSSR count). The summed E-state index contributed by atoms with van der Waals surface area (Å²) < 4.78 is 10.4. The van der Waals surface area contributed by atoms with E-state index in [1.165, 1.54) is 14.2 Å². The van der Waals surface area contributed by atoms with Gasteiger partial charge in [0.2, 0.25) is 5.75 Å². The Morgan fingerprint density at radius 2 is 1.77 bits per heavy atom. The van der Waals surface area contributed by atoms with Crippen LogP contribution in [0.15, 0.2) is 24.3 Å². The van der Waals surface area contributed by atoms with Gasteiger partial charge in [-0.15, -0.1) is 0 Å². The third kappa shape index (κ3) is 2.30. The van der Waals surface area contributed by atoms with Crippen LogP contribution in [0, 0.1) is 17.8 Å². The summed E-state index contributed by atoms with van der Waals surface area (Å²) in [7, 11) is 2.99. The van der Waals surface area contributed by atoms with Crippen molar-refractivity contribution in [3.05, 3.63) is 29.8 Å². The van der Waals surface area contributed by atoms with Crippen LogP contribution >= 0.6 is 0 Å². The summed E-state index contributed by atoms with van der Waals surface area (Å²) in [4.78, 5) is 11.2. The number of rotatable bonds is 5. The van der Waals surface area contributed by atoms with E-state index in [1.54, 1.807) is 12.1 Å². The molecule has 1 aromatic rings. The summed E-state index contributed by atoms with van der Waals surface area (Å²) in [6.45, 7) is 0. The van der Waals surface area contributed by atoms with E-state index in [1.807, 2.05) is 0 Å². The van der Waals surface area contributed by atoms with Crippen LogP contribution in [0.1, 0.15) is 24.3 Å². The third-order valence-electron chi connectivity index (χ3n) is 4.92. The number of ether oxygens (including phenoxy) is 2. The molecule has 0 amide bonds. The number of allylic oxidation sites excluding steroid dienone is 2. The molecule has 0 aromatic heterocycles. The highest BCUT2D eigenvalue weighted by Gasteiger charge is 2.46. The van der Waals surface area contributed by atoms with Gasteiger partial charge in [0.25, 0.3) is 0 Å². The van der Waals surface area contributed by atoms with Gasteiger partial charge in [-0.3, -0.25) is 4.79 Å². The lowest BCUT2D eigenvalue weighted by Gasteiger charge is -2.28. The molecule has 118 valence electrons. The van der Waals surface area contributed by atoms with Crippen molar-refractivity contribution in [2.45, 2.75) is 18.8 Å². The van der Waals surface area contributed by atoms with Crippen LogP contribution in [0.5, 0.6) is 17.2 Å². The monoisotopic (exact) mass is 304 g/mol. The molecule has 22 heavy (non-hydrogen) atoms. The number of benzene rings is 1. The van der Waals surface area contributed by atoms with E-state index in [0.29, 0.717) is 23.3 Å². The molecule has 4 atom stereocenters. The van der Waals surface area contributed by atoms with Crippen molar-refractivity contribution < 1.29 is 24.5 Å². The fourth-order valence-electron chi connectivity index (χ4n) is 4.01. The van der Waals surface area contributed by atoms with Gasteiger partial charge in [-0.05, 0) is 47.8 Å². The maximum absolute atomic E-state index is 11.2. The molecule has 1 aromatic carbocycles. The molecule has 2 aliphatic rings. The van der Waals surface area contributed by atoms with Crippen LogP contribution in [0.4, 0.5) is 0 Å². The van der Waals surface area contributed by atoms with E-state index in [4.69, 9.17) is 9.47 Å². The maximum atomic E-state index is 11.2. The molecule has 0 saturated heterocycles. The summed E-state index contributed by atoms with van der Waals surface area (Å²) in [6.07, 6.45) is 5.47. The highest BCUT2D eigenvalue weighted by atomic mass is 16.5. The van der Waals surface area contributed by atoms with Gasteiger partial charge in [-0.25, -0.2) is 0 Å². The number of carbonyl (C=O) groups is 1. The number of methoxy groups -OCH3 is 2. The second kappa shape index (κ2) is 5.55. The van der Waals surface area contributed by atoms with Crippen molar-refractivity contribution >= 4 is 5.97 Å². The largest absolute Gasteiger partial charge is 0.502 e. The Labute approximate surface area is 129 Å². The van der Waals surface area contributed by atoms with Crippen LogP contribution in [0.25, 0.3) is 0 Å². The molecule has 0 heterocycles. The first kappa shape index (κ1) is 14.8. The number of aliphatic carboxylic acids is 1. The summed E-state index contributed by atoms with van der Waals surface area (Å²) in [5.74, 6) is 0.771. The fraction of sp³-hybridized carbons (Fsp3) is 0.471. The van der Waals surface area contributed by atoms with Gasteiger partial charge < -0.3 is 19.7 Å². The molecule has 1 fully saturated rings. The molecule has 2 aliphatic carbocycles. The predicted molar refractivity (Wildman–Crippen MR) is 80.4 cm³/mol. The molecular weight excluding hydrogens is 284 g/mol. The quantitative estimate of drug-likeness (QED) is 0.818. The van der Waals surface area contributed by atoms with E-state index in [2.05, 4.69) is 12.2 Å². The zero-order valence-electron chi connectivity index (χ0n) is 12.7. The average Bonchev–Trinajstić information content (AvgIpc) is 3.08. The summed E-state index contributed by atoms with van der Waals surface area (Å²) in [5.41, 5.74) is 0.967.